The van der Waals surface area contributed by atoms with Gasteiger partial charge in [0.25, 0.3) is 0 Å². The predicted molar refractivity (Wildman–Crippen MR) is 105 cm³/mol. The molecule has 0 bridgehead atoms. The van der Waals surface area contributed by atoms with Crippen LogP contribution in [0.3, 0.4) is 0 Å². The summed E-state index contributed by atoms with van der Waals surface area (Å²) in [7, 11) is 0. The molecular formula is C20H23N5O4. The first-order chi connectivity index (χ1) is 14.1. The summed E-state index contributed by atoms with van der Waals surface area (Å²) in [6, 6.07) is 15.1. The molecule has 0 unspecified atom stereocenters. The van der Waals surface area contributed by atoms with Crippen LogP contribution in [-0.2, 0) is 9.53 Å². The van der Waals surface area contributed by atoms with Crippen molar-refractivity contribution in [3.63, 3.8) is 0 Å². The molecule has 1 amide bonds. The van der Waals surface area contributed by atoms with E-state index in [-0.39, 0.29) is 25.1 Å². The molecule has 29 heavy (non-hydrogen) atoms. The van der Waals surface area contributed by atoms with Crippen LogP contribution < -0.4 is 27.2 Å². The molecule has 6 N–H and O–H groups in total. The molecule has 2 aromatic carbocycles. The number of carbonyl (C=O) groups excluding carboxylic acids is 1. The second-order valence-electron chi connectivity index (χ2n) is 7.03. The lowest BCUT2D eigenvalue weighted by Crippen LogP contribution is -2.43. The summed E-state index contributed by atoms with van der Waals surface area (Å²) in [5, 5.41) is 11.8. The zero-order chi connectivity index (χ0) is 20.2. The van der Waals surface area contributed by atoms with Crippen molar-refractivity contribution < 1.29 is 19.4 Å². The van der Waals surface area contributed by atoms with E-state index in [9.17, 15) is 14.7 Å². The Labute approximate surface area is 167 Å². The smallest absolute Gasteiger partial charge is 0.407 e. The SMILES string of the molecule is O=C(N[C@H](CCC1NNNN1)C(=O)O)OCC1c2ccccc2-c2ccccc21. The summed E-state index contributed by atoms with van der Waals surface area (Å²) in [6.45, 7) is 0.145. The molecule has 9 nitrogen and oxygen atoms in total. The summed E-state index contributed by atoms with van der Waals surface area (Å²) >= 11 is 0. The van der Waals surface area contributed by atoms with Crippen LogP contribution in [0.2, 0.25) is 0 Å². The van der Waals surface area contributed by atoms with Crippen LogP contribution in [0.15, 0.2) is 48.5 Å². The highest BCUT2D eigenvalue weighted by atomic mass is 16.5. The minimum Gasteiger partial charge on any atom is -0.480 e. The van der Waals surface area contributed by atoms with Gasteiger partial charge in [0.15, 0.2) is 0 Å². The third-order valence-corrected chi connectivity index (χ3v) is 5.23. The van der Waals surface area contributed by atoms with Gasteiger partial charge in [-0.2, -0.15) is 11.1 Å². The average molecular weight is 397 g/mol. The molecule has 2 aromatic rings. The van der Waals surface area contributed by atoms with Crippen molar-refractivity contribution in [3.05, 3.63) is 59.7 Å². The standard InChI is InChI=1S/C20H23N5O4/c26-19(27)17(9-10-18-22-24-25-23-18)21-20(28)29-11-16-14-7-3-1-5-12(14)13-6-2-4-8-15(13)16/h1-8,16-18,22-25H,9-11H2,(H,21,28)(H,26,27)/t17-/m1/s1. The van der Waals surface area contributed by atoms with E-state index < -0.39 is 18.1 Å². The quantitative estimate of drug-likeness (QED) is 0.412. The number of hydrogen-bond acceptors (Lipinski definition) is 7. The van der Waals surface area contributed by atoms with Crippen molar-refractivity contribution in [3.8, 4) is 11.1 Å². The Kier molecular flexibility index (Phi) is 5.72. The molecule has 1 saturated heterocycles. The zero-order valence-corrected chi connectivity index (χ0v) is 15.6. The largest absolute Gasteiger partial charge is 0.480 e. The summed E-state index contributed by atoms with van der Waals surface area (Å²) in [5.74, 6) is -1.17. The summed E-state index contributed by atoms with van der Waals surface area (Å²) < 4.78 is 5.42. The third kappa shape index (κ3) is 4.22. The number of fused-ring (bicyclic) bond motifs is 3. The van der Waals surface area contributed by atoms with Gasteiger partial charge in [-0.15, -0.1) is 0 Å². The lowest BCUT2D eigenvalue weighted by atomic mass is 9.98. The number of nitrogens with one attached hydrogen (secondary N) is 5. The Morgan fingerprint density at radius 3 is 2.17 bits per heavy atom. The van der Waals surface area contributed by atoms with Crippen molar-refractivity contribution >= 4 is 12.1 Å². The first-order valence-electron chi connectivity index (χ1n) is 9.49. The molecule has 9 heteroatoms. The number of hydrazine groups is 3. The van der Waals surface area contributed by atoms with Gasteiger partial charge in [-0.1, -0.05) is 48.5 Å². The first-order valence-corrected chi connectivity index (χ1v) is 9.49. The Morgan fingerprint density at radius 2 is 1.59 bits per heavy atom. The molecule has 152 valence electrons. The monoisotopic (exact) mass is 397 g/mol. The minimum atomic E-state index is -1.10. The van der Waals surface area contributed by atoms with Crippen molar-refractivity contribution in [2.75, 3.05) is 6.61 Å². The molecule has 0 radical (unpaired) electrons. The Balaban J connectivity index is 1.37. The minimum absolute atomic E-state index is 0.0690. The van der Waals surface area contributed by atoms with Gasteiger partial charge < -0.3 is 15.2 Å². The molecule has 1 fully saturated rings. The topological polar surface area (TPSA) is 124 Å². The maximum absolute atomic E-state index is 12.3. The second-order valence-corrected chi connectivity index (χ2v) is 7.03. The summed E-state index contributed by atoms with van der Waals surface area (Å²) in [6.07, 6.45) is -0.141. The van der Waals surface area contributed by atoms with E-state index in [1.165, 1.54) is 0 Å². The van der Waals surface area contributed by atoms with Crippen LogP contribution in [-0.4, -0.2) is 36.0 Å². The molecule has 1 atom stereocenters. The van der Waals surface area contributed by atoms with Gasteiger partial charge in [-0.05, 0) is 35.1 Å². The molecule has 2 aliphatic rings. The van der Waals surface area contributed by atoms with Crippen LogP contribution in [0.4, 0.5) is 4.79 Å². The number of benzene rings is 2. The third-order valence-electron chi connectivity index (χ3n) is 5.23. The fraction of sp³-hybridized carbons (Fsp3) is 0.300. The van der Waals surface area contributed by atoms with E-state index >= 15 is 0 Å². The molecule has 0 spiro atoms. The highest BCUT2D eigenvalue weighted by Gasteiger charge is 2.30. The number of aliphatic carboxylic acids is 1. The van der Waals surface area contributed by atoms with Gasteiger partial charge >= 0.3 is 12.1 Å². The van der Waals surface area contributed by atoms with E-state index in [0.29, 0.717) is 6.42 Å². The molecule has 0 saturated carbocycles. The van der Waals surface area contributed by atoms with E-state index in [0.717, 1.165) is 22.3 Å². The van der Waals surface area contributed by atoms with Crippen LogP contribution in [0.1, 0.15) is 29.9 Å². The van der Waals surface area contributed by atoms with E-state index in [1.807, 2.05) is 36.4 Å². The van der Waals surface area contributed by atoms with Gasteiger partial charge in [0.2, 0.25) is 0 Å². The number of hydrogen-bond donors (Lipinski definition) is 6. The van der Waals surface area contributed by atoms with Gasteiger partial charge in [-0.25, -0.2) is 20.4 Å². The highest BCUT2D eigenvalue weighted by Crippen LogP contribution is 2.44. The summed E-state index contributed by atoms with van der Waals surface area (Å²) in [5.41, 5.74) is 15.6. The normalized spacial score (nSPS) is 16.8. The van der Waals surface area contributed by atoms with Crippen LogP contribution in [0.25, 0.3) is 11.1 Å². The predicted octanol–water partition coefficient (Wildman–Crippen LogP) is 1.20. The number of carbonyl (C=O) groups is 2. The maximum atomic E-state index is 12.3. The average Bonchev–Trinajstić information content (AvgIpc) is 3.35. The Hall–Kier alpha value is -2.98. The van der Waals surface area contributed by atoms with E-state index in [1.54, 1.807) is 0 Å². The summed E-state index contributed by atoms with van der Waals surface area (Å²) in [4.78, 5) is 23.8. The van der Waals surface area contributed by atoms with Crippen LogP contribution >= 0.6 is 0 Å². The van der Waals surface area contributed by atoms with Gasteiger partial charge in [0.05, 0.1) is 6.17 Å². The molecule has 1 aliphatic heterocycles. The van der Waals surface area contributed by atoms with E-state index in [2.05, 4.69) is 39.4 Å². The first kappa shape index (κ1) is 19.3. The number of rotatable bonds is 7. The van der Waals surface area contributed by atoms with Crippen LogP contribution in [0, 0.1) is 0 Å². The number of amides is 1. The fourth-order valence-electron chi connectivity index (χ4n) is 3.80. The van der Waals surface area contributed by atoms with Crippen molar-refractivity contribution in [2.45, 2.75) is 31.0 Å². The van der Waals surface area contributed by atoms with E-state index in [4.69, 9.17) is 4.74 Å². The number of ether oxygens (including phenoxy) is 1. The molecule has 0 aromatic heterocycles. The fourth-order valence-corrected chi connectivity index (χ4v) is 3.80. The van der Waals surface area contributed by atoms with Crippen molar-refractivity contribution in [1.29, 1.82) is 0 Å². The highest BCUT2D eigenvalue weighted by molar-refractivity contribution is 5.81. The molecule has 4 rings (SSSR count). The van der Waals surface area contributed by atoms with Gasteiger partial charge in [0.1, 0.15) is 12.6 Å². The van der Waals surface area contributed by atoms with Crippen LogP contribution in [0.5, 0.6) is 0 Å². The van der Waals surface area contributed by atoms with Crippen molar-refractivity contribution in [2.24, 2.45) is 0 Å². The lowest BCUT2D eigenvalue weighted by Gasteiger charge is -2.18. The van der Waals surface area contributed by atoms with Gasteiger partial charge in [0, 0.05) is 5.92 Å². The Morgan fingerprint density at radius 1 is 1.00 bits per heavy atom. The van der Waals surface area contributed by atoms with Crippen molar-refractivity contribution in [1.82, 2.24) is 27.2 Å². The lowest BCUT2D eigenvalue weighted by molar-refractivity contribution is -0.139. The number of carboxylic acids is 1. The number of carboxylic acid groups (broad SMARTS) is 1. The molecular weight excluding hydrogens is 374 g/mol. The Bertz CT molecular complexity index is 854. The van der Waals surface area contributed by atoms with Gasteiger partial charge in [-0.3, -0.25) is 0 Å². The molecule has 1 aliphatic carbocycles. The molecule has 1 heterocycles. The maximum Gasteiger partial charge on any atom is 0.407 e. The number of alkyl carbamates (subject to hydrolysis) is 1. The zero-order valence-electron chi connectivity index (χ0n) is 15.6. The second kappa shape index (κ2) is 8.58.